The predicted octanol–water partition coefficient (Wildman–Crippen LogP) is 5.79. The zero-order valence-corrected chi connectivity index (χ0v) is 13.8. The van der Waals surface area contributed by atoms with Gasteiger partial charge >= 0.3 is 0 Å². The van der Waals surface area contributed by atoms with E-state index in [1.165, 1.54) is 0 Å². The van der Waals surface area contributed by atoms with Crippen LogP contribution < -0.4 is 0 Å². The fraction of sp³-hybridized carbons (Fsp3) is 0. The molecule has 0 bridgehead atoms. The zero-order chi connectivity index (χ0) is 13.6. The van der Waals surface area contributed by atoms with E-state index in [1.807, 2.05) is 18.2 Å². The minimum Gasteiger partial charge on any atom is -0.338 e. The standard InChI is InChI=1S/C13H6Cl3IN2/c14-7-4-11-12(5-8(7)15)19-13(18-11)6-1-2-10(17)9(16)3-6/h1-5H,(H,18,19). The Kier molecular flexibility index (Phi) is 3.64. The number of rotatable bonds is 1. The summed E-state index contributed by atoms with van der Waals surface area (Å²) in [5.41, 5.74) is 2.55. The number of nitrogens with one attached hydrogen (secondary N) is 1. The molecule has 1 N–H and O–H groups in total. The molecule has 3 rings (SSSR count). The van der Waals surface area contributed by atoms with E-state index in [9.17, 15) is 0 Å². The molecule has 1 heterocycles. The maximum absolute atomic E-state index is 6.12. The van der Waals surface area contributed by atoms with E-state index >= 15 is 0 Å². The van der Waals surface area contributed by atoms with E-state index in [1.54, 1.807) is 12.1 Å². The predicted molar refractivity (Wildman–Crippen MR) is 89.3 cm³/mol. The maximum Gasteiger partial charge on any atom is 0.138 e. The van der Waals surface area contributed by atoms with Crippen LogP contribution in [0.4, 0.5) is 0 Å². The van der Waals surface area contributed by atoms with Gasteiger partial charge in [-0.05, 0) is 46.9 Å². The lowest BCUT2D eigenvalue weighted by atomic mass is 10.2. The molecule has 0 aliphatic heterocycles. The average Bonchev–Trinajstić information content (AvgIpc) is 2.76. The van der Waals surface area contributed by atoms with E-state index in [2.05, 4.69) is 32.6 Å². The third-order valence-corrected chi connectivity index (χ3v) is 5.01. The molecule has 19 heavy (non-hydrogen) atoms. The molecule has 0 aliphatic rings. The van der Waals surface area contributed by atoms with Crippen molar-refractivity contribution in [3.8, 4) is 11.4 Å². The molecule has 0 atom stereocenters. The third-order valence-electron chi connectivity index (χ3n) is 2.72. The molecular weight excluding hydrogens is 417 g/mol. The molecule has 0 unspecified atom stereocenters. The van der Waals surface area contributed by atoms with Gasteiger partial charge in [-0.1, -0.05) is 40.9 Å². The van der Waals surface area contributed by atoms with Crippen molar-refractivity contribution in [1.29, 1.82) is 0 Å². The van der Waals surface area contributed by atoms with Crippen molar-refractivity contribution in [2.75, 3.05) is 0 Å². The van der Waals surface area contributed by atoms with Gasteiger partial charge in [-0.25, -0.2) is 4.98 Å². The van der Waals surface area contributed by atoms with E-state index < -0.39 is 0 Å². The number of aromatic nitrogens is 2. The van der Waals surface area contributed by atoms with Crippen molar-refractivity contribution in [1.82, 2.24) is 9.97 Å². The van der Waals surface area contributed by atoms with Crippen LogP contribution >= 0.6 is 57.4 Å². The normalized spacial score (nSPS) is 11.2. The van der Waals surface area contributed by atoms with Crippen molar-refractivity contribution in [2.24, 2.45) is 0 Å². The SMILES string of the molecule is Clc1cc2nc(-c3ccc(I)c(Cl)c3)[nH]c2cc1Cl. The quantitative estimate of drug-likeness (QED) is 0.493. The van der Waals surface area contributed by atoms with Crippen LogP contribution in [0.1, 0.15) is 0 Å². The van der Waals surface area contributed by atoms with Crippen LogP contribution in [0, 0.1) is 3.57 Å². The zero-order valence-electron chi connectivity index (χ0n) is 9.35. The first kappa shape index (κ1) is 13.5. The van der Waals surface area contributed by atoms with Gasteiger partial charge in [-0.15, -0.1) is 0 Å². The molecule has 0 radical (unpaired) electrons. The molecule has 2 aromatic carbocycles. The second-order valence-corrected chi connectivity index (χ2v) is 6.38. The van der Waals surface area contributed by atoms with Crippen molar-refractivity contribution in [2.45, 2.75) is 0 Å². The number of aromatic amines is 1. The van der Waals surface area contributed by atoms with Gasteiger partial charge in [-0.3, -0.25) is 0 Å². The molecular formula is C13H6Cl3IN2. The Hall–Kier alpha value is -0.490. The lowest BCUT2D eigenvalue weighted by Gasteiger charge is -1.99. The van der Waals surface area contributed by atoms with Crippen LogP contribution in [-0.4, -0.2) is 9.97 Å². The number of benzene rings is 2. The molecule has 96 valence electrons. The number of fused-ring (bicyclic) bond motifs is 1. The highest BCUT2D eigenvalue weighted by atomic mass is 127. The average molecular weight is 423 g/mol. The fourth-order valence-electron chi connectivity index (χ4n) is 1.79. The van der Waals surface area contributed by atoms with Gasteiger partial charge in [0, 0.05) is 9.13 Å². The summed E-state index contributed by atoms with van der Waals surface area (Å²) in [7, 11) is 0. The monoisotopic (exact) mass is 422 g/mol. The van der Waals surface area contributed by atoms with Crippen molar-refractivity contribution < 1.29 is 0 Å². The summed E-state index contributed by atoms with van der Waals surface area (Å²) in [4.78, 5) is 7.71. The molecule has 0 amide bonds. The summed E-state index contributed by atoms with van der Waals surface area (Å²) in [5.74, 6) is 0.742. The highest BCUT2D eigenvalue weighted by molar-refractivity contribution is 14.1. The largest absolute Gasteiger partial charge is 0.338 e. The fourth-order valence-corrected chi connectivity index (χ4v) is 2.62. The third kappa shape index (κ3) is 2.57. The van der Waals surface area contributed by atoms with Gasteiger partial charge in [0.15, 0.2) is 0 Å². The first-order valence-corrected chi connectivity index (χ1v) is 7.56. The van der Waals surface area contributed by atoms with Gasteiger partial charge in [0.05, 0.1) is 26.1 Å². The number of H-pyrrole nitrogens is 1. The number of imidazole rings is 1. The first-order valence-electron chi connectivity index (χ1n) is 5.35. The Bertz CT molecular complexity index is 744. The summed E-state index contributed by atoms with van der Waals surface area (Å²) in [6, 6.07) is 9.31. The second-order valence-electron chi connectivity index (χ2n) is 4.00. The minimum absolute atomic E-state index is 0.493. The Labute approximate surface area is 138 Å². The van der Waals surface area contributed by atoms with Crippen molar-refractivity contribution >= 4 is 68.4 Å². The molecule has 0 saturated heterocycles. The summed E-state index contributed by atoms with van der Waals surface area (Å²) >= 11 is 20.3. The van der Waals surface area contributed by atoms with Gasteiger partial charge in [0.1, 0.15) is 5.82 Å². The topological polar surface area (TPSA) is 28.7 Å². The highest BCUT2D eigenvalue weighted by Gasteiger charge is 2.09. The van der Waals surface area contributed by atoms with Crippen molar-refractivity contribution in [3.05, 3.63) is 49.0 Å². The van der Waals surface area contributed by atoms with Crippen LogP contribution in [0.5, 0.6) is 0 Å². The Balaban J connectivity index is 2.17. The van der Waals surface area contributed by atoms with Gasteiger partial charge in [-0.2, -0.15) is 0 Å². The Morgan fingerprint density at radius 3 is 2.42 bits per heavy atom. The summed E-state index contributed by atoms with van der Waals surface area (Å²) in [5, 5.41) is 1.70. The lowest BCUT2D eigenvalue weighted by Crippen LogP contribution is -1.82. The van der Waals surface area contributed by atoms with Gasteiger partial charge in [0.25, 0.3) is 0 Å². The molecule has 0 saturated carbocycles. The van der Waals surface area contributed by atoms with E-state index in [4.69, 9.17) is 34.8 Å². The van der Waals surface area contributed by atoms with E-state index in [-0.39, 0.29) is 0 Å². The van der Waals surface area contributed by atoms with E-state index in [0.717, 1.165) is 26.0 Å². The van der Waals surface area contributed by atoms with Gasteiger partial charge < -0.3 is 4.98 Å². The van der Waals surface area contributed by atoms with Crippen LogP contribution in [0.15, 0.2) is 30.3 Å². The molecule has 6 heteroatoms. The molecule has 0 spiro atoms. The molecule has 1 aromatic heterocycles. The summed E-state index contributed by atoms with van der Waals surface area (Å²) < 4.78 is 1.00. The lowest BCUT2D eigenvalue weighted by molar-refractivity contribution is 1.33. The van der Waals surface area contributed by atoms with Crippen LogP contribution in [0.3, 0.4) is 0 Å². The molecule has 2 nitrogen and oxygen atoms in total. The minimum atomic E-state index is 0.493. The Morgan fingerprint density at radius 2 is 1.68 bits per heavy atom. The number of halogens is 4. The van der Waals surface area contributed by atoms with Gasteiger partial charge in [0.2, 0.25) is 0 Å². The Morgan fingerprint density at radius 1 is 0.947 bits per heavy atom. The molecule has 3 aromatic rings. The van der Waals surface area contributed by atoms with Crippen LogP contribution in [-0.2, 0) is 0 Å². The molecule has 0 fully saturated rings. The highest BCUT2D eigenvalue weighted by Crippen LogP contribution is 2.30. The summed E-state index contributed by atoms with van der Waals surface area (Å²) in [6.45, 7) is 0. The number of hydrogen-bond donors (Lipinski definition) is 1. The number of nitrogens with zero attached hydrogens (tertiary/aromatic N) is 1. The van der Waals surface area contributed by atoms with E-state index in [0.29, 0.717) is 15.1 Å². The van der Waals surface area contributed by atoms with Crippen LogP contribution in [0.2, 0.25) is 15.1 Å². The maximum atomic E-state index is 6.12. The second kappa shape index (κ2) is 5.13. The first-order chi connectivity index (χ1) is 9.04. The summed E-state index contributed by atoms with van der Waals surface area (Å²) in [6.07, 6.45) is 0. The number of hydrogen-bond acceptors (Lipinski definition) is 1. The van der Waals surface area contributed by atoms with Crippen molar-refractivity contribution in [3.63, 3.8) is 0 Å². The smallest absolute Gasteiger partial charge is 0.138 e. The van der Waals surface area contributed by atoms with Crippen LogP contribution in [0.25, 0.3) is 22.4 Å². The molecule has 0 aliphatic carbocycles.